The predicted octanol–water partition coefficient (Wildman–Crippen LogP) is 2.60. The molecule has 1 fully saturated rings. The quantitative estimate of drug-likeness (QED) is 0.891. The lowest BCUT2D eigenvalue weighted by Crippen LogP contribution is -2.37. The maximum absolute atomic E-state index is 11.5. The van der Waals surface area contributed by atoms with E-state index in [0.717, 1.165) is 0 Å². The first-order chi connectivity index (χ1) is 8.36. The summed E-state index contributed by atoms with van der Waals surface area (Å²) in [6.07, 6.45) is 0.298. The highest BCUT2D eigenvalue weighted by atomic mass is 79.9. The molecule has 2 rings (SSSR count). The van der Waals surface area contributed by atoms with Crippen LogP contribution in [0.5, 0.6) is 0 Å². The average Bonchev–Trinajstić information content (AvgIpc) is 2.60. The summed E-state index contributed by atoms with van der Waals surface area (Å²) in [5.41, 5.74) is -0.364. The van der Waals surface area contributed by atoms with Gasteiger partial charge in [-0.3, -0.25) is 0 Å². The molecule has 18 heavy (non-hydrogen) atoms. The van der Waals surface area contributed by atoms with Gasteiger partial charge in [-0.1, -0.05) is 11.6 Å². The van der Waals surface area contributed by atoms with E-state index in [2.05, 4.69) is 27.3 Å². The first kappa shape index (κ1) is 13.7. The molecule has 0 bridgehead atoms. The highest BCUT2D eigenvalue weighted by Gasteiger charge is 2.42. The topological polar surface area (TPSA) is 70.0 Å². The zero-order valence-corrected chi connectivity index (χ0v) is 12.4. The van der Waals surface area contributed by atoms with Crippen molar-refractivity contribution in [1.82, 2.24) is 0 Å². The third-order valence-corrected chi connectivity index (χ3v) is 5.80. The van der Waals surface area contributed by atoms with Crippen LogP contribution >= 0.6 is 27.5 Å². The van der Waals surface area contributed by atoms with Gasteiger partial charge < -0.3 is 5.32 Å². The summed E-state index contributed by atoms with van der Waals surface area (Å²) in [5.74, 6) is -0.112. The number of hydrogen-bond acceptors (Lipinski definition) is 4. The van der Waals surface area contributed by atoms with Crippen molar-refractivity contribution in [3.63, 3.8) is 0 Å². The molecule has 1 atom stereocenters. The Labute approximate surface area is 119 Å². The Bertz CT molecular complexity index is 626. The van der Waals surface area contributed by atoms with Crippen molar-refractivity contribution in [3.05, 3.63) is 27.7 Å². The maximum atomic E-state index is 11.5. The molecule has 0 aliphatic carbocycles. The normalized spacial score (nSPS) is 25.6. The number of nitriles is 1. The van der Waals surface area contributed by atoms with Crippen LogP contribution in [0.4, 0.5) is 5.69 Å². The van der Waals surface area contributed by atoms with E-state index >= 15 is 0 Å². The molecule has 1 aromatic carbocycles. The second kappa shape index (κ2) is 4.72. The van der Waals surface area contributed by atoms with Crippen LogP contribution in [-0.2, 0) is 9.84 Å². The number of hydrogen-bond donors (Lipinski definition) is 1. The lowest BCUT2D eigenvalue weighted by atomic mass is 10.0. The predicted molar refractivity (Wildman–Crippen MR) is 74.4 cm³/mol. The number of halogens is 2. The average molecular weight is 350 g/mol. The van der Waals surface area contributed by atoms with Gasteiger partial charge in [-0.05, 0) is 40.5 Å². The number of nitrogens with zero attached hydrogens (tertiary/aromatic N) is 1. The zero-order chi connectivity index (χ0) is 13.4. The van der Waals surface area contributed by atoms with E-state index in [1.54, 1.807) is 18.2 Å². The number of nitrogens with one attached hydrogen (secondary N) is 1. The van der Waals surface area contributed by atoms with Gasteiger partial charge in [0, 0.05) is 10.2 Å². The van der Waals surface area contributed by atoms with Crippen LogP contribution in [0.2, 0.25) is 5.02 Å². The number of benzene rings is 1. The molecule has 7 heteroatoms. The van der Waals surface area contributed by atoms with E-state index in [0.29, 0.717) is 21.6 Å². The van der Waals surface area contributed by atoms with Gasteiger partial charge >= 0.3 is 0 Å². The third-order valence-electron chi connectivity index (χ3n) is 2.82. The molecule has 1 N–H and O–H groups in total. The van der Waals surface area contributed by atoms with Gasteiger partial charge in [0.1, 0.15) is 5.54 Å². The van der Waals surface area contributed by atoms with Crippen molar-refractivity contribution in [1.29, 1.82) is 5.26 Å². The van der Waals surface area contributed by atoms with Gasteiger partial charge in [0.15, 0.2) is 9.84 Å². The SMILES string of the molecule is N#CC1(Nc2ccc(Cl)c(Br)c2)CCS(=O)(=O)C1. The molecular formula is C11H10BrClN2O2S. The Kier molecular flexibility index (Phi) is 3.58. The van der Waals surface area contributed by atoms with E-state index in [1.807, 2.05) is 0 Å². The summed E-state index contributed by atoms with van der Waals surface area (Å²) >= 11 is 9.16. The van der Waals surface area contributed by atoms with Crippen molar-refractivity contribution in [3.8, 4) is 6.07 Å². The van der Waals surface area contributed by atoms with Crippen LogP contribution < -0.4 is 5.32 Å². The Morgan fingerprint density at radius 3 is 2.72 bits per heavy atom. The van der Waals surface area contributed by atoms with Crippen LogP contribution in [0.25, 0.3) is 0 Å². The summed E-state index contributed by atoms with van der Waals surface area (Å²) < 4.78 is 23.7. The Hall–Kier alpha value is -0.770. The number of rotatable bonds is 2. The molecule has 1 aromatic rings. The molecule has 1 saturated heterocycles. The number of anilines is 1. The van der Waals surface area contributed by atoms with Crippen molar-refractivity contribution in [2.24, 2.45) is 0 Å². The fourth-order valence-corrected chi connectivity index (χ4v) is 4.25. The van der Waals surface area contributed by atoms with Crippen LogP contribution in [0, 0.1) is 11.3 Å². The molecule has 4 nitrogen and oxygen atoms in total. The van der Waals surface area contributed by atoms with Crippen LogP contribution in [0.15, 0.2) is 22.7 Å². The molecule has 0 saturated carbocycles. The summed E-state index contributed by atoms with van der Waals surface area (Å²) in [6.45, 7) is 0. The van der Waals surface area contributed by atoms with Crippen LogP contribution in [-0.4, -0.2) is 25.5 Å². The first-order valence-electron chi connectivity index (χ1n) is 5.21. The summed E-state index contributed by atoms with van der Waals surface area (Å²) in [4.78, 5) is 0. The van der Waals surface area contributed by atoms with E-state index in [1.165, 1.54) is 0 Å². The maximum Gasteiger partial charge on any atom is 0.153 e. The lowest BCUT2D eigenvalue weighted by molar-refractivity contribution is 0.599. The van der Waals surface area contributed by atoms with Gasteiger partial charge in [0.25, 0.3) is 0 Å². The minimum atomic E-state index is -3.13. The van der Waals surface area contributed by atoms with Crippen LogP contribution in [0.1, 0.15) is 6.42 Å². The Morgan fingerprint density at radius 1 is 1.50 bits per heavy atom. The fraction of sp³-hybridized carbons (Fsp3) is 0.364. The summed E-state index contributed by atoms with van der Waals surface area (Å²) in [5, 5.41) is 12.8. The monoisotopic (exact) mass is 348 g/mol. The minimum Gasteiger partial charge on any atom is -0.366 e. The van der Waals surface area contributed by atoms with Gasteiger partial charge in [-0.25, -0.2) is 8.42 Å². The molecule has 0 spiro atoms. The van der Waals surface area contributed by atoms with Crippen molar-refractivity contribution < 1.29 is 8.42 Å². The second-order valence-electron chi connectivity index (χ2n) is 4.29. The van der Waals surface area contributed by atoms with Gasteiger partial charge in [0.2, 0.25) is 0 Å². The highest BCUT2D eigenvalue weighted by Crippen LogP contribution is 2.31. The lowest BCUT2D eigenvalue weighted by Gasteiger charge is -2.22. The van der Waals surface area contributed by atoms with Crippen molar-refractivity contribution >= 4 is 43.1 Å². The molecule has 0 aromatic heterocycles. The van der Waals surface area contributed by atoms with Crippen LogP contribution in [0.3, 0.4) is 0 Å². The van der Waals surface area contributed by atoms with Gasteiger partial charge in [0.05, 0.1) is 22.6 Å². The fourth-order valence-electron chi connectivity index (χ4n) is 1.91. The van der Waals surface area contributed by atoms with E-state index < -0.39 is 15.4 Å². The van der Waals surface area contributed by atoms with E-state index in [4.69, 9.17) is 11.6 Å². The van der Waals surface area contributed by atoms with E-state index in [9.17, 15) is 13.7 Å². The molecule has 1 unspecified atom stereocenters. The zero-order valence-electron chi connectivity index (χ0n) is 9.28. The molecule has 0 radical (unpaired) electrons. The van der Waals surface area contributed by atoms with Crippen molar-refractivity contribution in [2.75, 3.05) is 16.8 Å². The third kappa shape index (κ3) is 2.79. The summed E-state index contributed by atoms with van der Waals surface area (Å²) in [6, 6.07) is 7.21. The second-order valence-corrected chi connectivity index (χ2v) is 7.74. The Morgan fingerprint density at radius 2 is 2.22 bits per heavy atom. The standard InChI is InChI=1S/C11H10BrClN2O2S/c12-9-5-8(1-2-10(9)13)15-11(6-14)3-4-18(16,17)7-11/h1-2,5,15H,3-4,7H2. The van der Waals surface area contributed by atoms with Gasteiger partial charge in [-0.15, -0.1) is 0 Å². The Balaban J connectivity index is 2.27. The largest absolute Gasteiger partial charge is 0.366 e. The molecule has 1 aliphatic heterocycles. The molecule has 0 amide bonds. The smallest absolute Gasteiger partial charge is 0.153 e. The molecule has 1 heterocycles. The molecule has 96 valence electrons. The first-order valence-corrected chi connectivity index (χ1v) is 8.20. The number of sulfone groups is 1. The van der Waals surface area contributed by atoms with Gasteiger partial charge in [-0.2, -0.15) is 5.26 Å². The summed E-state index contributed by atoms with van der Waals surface area (Å²) in [7, 11) is -3.13. The van der Waals surface area contributed by atoms with E-state index in [-0.39, 0.29) is 11.5 Å². The molecular weight excluding hydrogens is 340 g/mol. The van der Waals surface area contributed by atoms with Crippen molar-refractivity contribution in [2.45, 2.75) is 12.0 Å². The highest BCUT2D eigenvalue weighted by molar-refractivity contribution is 9.10. The minimum absolute atomic E-state index is 0.0440. The molecule has 1 aliphatic rings.